The standard InChI is InChI=1S/C11H10FN3O2/c12-9-3-1-2-4-10(9)15-6-8(5-14-15)17-7-11(13)16/h1-6H,7H2,(H2,13,16). The van der Waals surface area contributed by atoms with E-state index in [0.29, 0.717) is 11.4 Å². The van der Waals surface area contributed by atoms with E-state index in [0.717, 1.165) is 0 Å². The number of nitrogens with two attached hydrogens (primary N) is 1. The van der Waals surface area contributed by atoms with E-state index in [1.165, 1.54) is 23.1 Å². The fourth-order valence-corrected chi connectivity index (χ4v) is 1.30. The highest BCUT2D eigenvalue weighted by Crippen LogP contribution is 2.15. The number of hydrogen-bond donors (Lipinski definition) is 1. The molecule has 2 rings (SSSR count). The summed E-state index contributed by atoms with van der Waals surface area (Å²) in [6.45, 7) is -0.233. The van der Waals surface area contributed by atoms with Gasteiger partial charge in [-0.05, 0) is 12.1 Å². The lowest BCUT2D eigenvalue weighted by Crippen LogP contribution is -2.19. The van der Waals surface area contributed by atoms with Crippen LogP contribution in [0.2, 0.25) is 0 Å². The fraction of sp³-hybridized carbons (Fsp3) is 0.0909. The molecule has 1 aromatic heterocycles. The number of halogens is 1. The normalized spacial score (nSPS) is 10.2. The molecule has 1 heterocycles. The Labute approximate surface area is 96.6 Å². The molecule has 88 valence electrons. The monoisotopic (exact) mass is 235 g/mol. The number of para-hydroxylation sites is 1. The number of nitrogens with zero attached hydrogens (tertiary/aromatic N) is 2. The van der Waals surface area contributed by atoms with Crippen LogP contribution in [-0.2, 0) is 4.79 Å². The molecule has 6 heteroatoms. The molecule has 0 fully saturated rings. The third kappa shape index (κ3) is 2.60. The molecule has 0 atom stereocenters. The van der Waals surface area contributed by atoms with Crippen molar-refractivity contribution < 1.29 is 13.9 Å². The van der Waals surface area contributed by atoms with Crippen LogP contribution in [0.25, 0.3) is 5.69 Å². The van der Waals surface area contributed by atoms with Gasteiger partial charge in [-0.1, -0.05) is 12.1 Å². The minimum atomic E-state index is -0.580. The van der Waals surface area contributed by atoms with E-state index in [4.69, 9.17) is 10.5 Å². The molecular weight excluding hydrogens is 225 g/mol. The van der Waals surface area contributed by atoms with Gasteiger partial charge in [0, 0.05) is 0 Å². The van der Waals surface area contributed by atoms with Gasteiger partial charge in [0.1, 0.15) is 11.5 Å². The Hall–Kier alpha value is -2.37. The van der Waals surface area contributed by atoms with Crippen LogP contribution in [0.3, 0.4) is 0 Å². The number of rotatable bonds is 4. The highest BCUT2D eigenvalue weighted by molar-refractivity contribution is 5.75. The Morgan fingerprint density at radius 3 is 2.94 bits per heavy atom. The van der Waals surface area contributed by atoms with E-state index in [2.05, 4.69) is 5.10 Å². The predicted molar refractivity (Wildman–Crippen MR) is 58.2 cm³/mol. The molecule has 0 bridgehead atoms. The van der Waals surface area contributed by atoms with Gasteiger partial charge in [-0.2, -0.15) is 5.10 Å². The van der Waals surface area contributed by atoms with Crippen molar-refractivity contribution in [3.63, 3.8) is 0 Å². The first-order chi connectivity index (χ1) is 8.16. The van der Waals surface area contributed by atoms with Crippen molar-refractivity contribution in [3.8, 4) is 11.4 Å². The first kappa shape index (κ1) is 11.1. The maximum atomic E-state index is 13.4. The van der Waals surface area contributed by atoms with Crippen LogP contribution in [0.1, 0.15) is 0 Å². The predicted octanol–water partition coefficient (Wildman–Crippen LogP) is 0.875. The van der Waals surface area contributed by atoms with Gasteiger partial charge in [-0.25, -0.2) is 9.07 Å². The summed E-state index contributed by atoms with van der Waals surface area (Å²) < 4.78 is 19.8. The van der Waals surface area contributed by atoms with Crippen LogP contribution in [0.5, 0.6) is 5.75 Å². The third-order valence-corrected chi connectivity index (χ3v) is 2.04. The molecule has 0 saturated carbocycles. The highest BCUT2D eigenvalue weighted by Gasteiger charge is 2.06. The molecule has 0 aliphatic carbocycles. The molecule has 0 aliphatic heterocycles. The van der Waals surface area contributed by atoms with Crippen LogP contribution in [0, 0.1) is 5.82 Å². The van der Waals surface area contributed by atoms with Gasteiger partial charge in [-0.15, -0.1) is 0 Å². The summed E-state index contributed by atoms with van der Waals surface area (Å²) in [6, 6.07) is 6.21. The minimum Gasteiger partial charge on any atom is -0.480 e. The quantitative estimate of drug-likeness (QED) is 0.855. The van der Waals surface area contributed by atoms with E-state index >= 15 is 0 Å². The molecule has 5 nitrogen and oxygen atoms in total. The molecule has 1 amide bonds. The topological polar surface area (TPSA) is 70.1 Å². The minimum absolute atomic E-state index is 0.233. The molecule has 1 aromatic carbocycles. The first-order valence-corrected chi connectivity index (χ1v) is 4.87. The SMILES string of the molecule is NC(=O)COc1cnn(-c2ccccc2F)c1. The smallest absolute Gasteiger partial charge is 0.255 e. The number of ether oxygens (including phenoxy) is 1. The number of amides is 1. The second-order valence-corrected chi connectivity index (χ2v) is 3.33. The number of primary amides is 1. The van der Waals surface area contributed by atoms with Gasteiger partial charge >= 0.3 is 0 Å². The molecule has 0 aliphatic rings. The summed E-state index contributed by atoms with van der Waals surface area (Å²) in [6.07, 6.45) is 2.86. The Kier molecular flexibility index (Phi) is 3.04. The number of aromatic nitrogens is 2. The van der Waals surface area contributed by atoms with Crippen LogP contribution >= 0.6 is 0 Å². The van der Waals surface area contributed by atoms with Crippen molar-refractivity contribution in [2.45, 2.75) is 0 Å². The zero-order valence-corrected chi connectivity index (χ0v) is 8.84. The van der Waals surface area contributed by atoms with E-state index in [1.807, 2.05) is 0 Å². The molecule has 0 unspecified atom stereocenters. The van der Waals surface area contributed by atoms with Gasteiger partial charge in [0.25, 0.3) is 5.91 Å². The van der Waals surface area contributed by atoms with E-state index in [-0.39, 0.29) is 6.61 Å². The molecule has 0 saturated heterocycles. The molecule has 17 heavy (non-hydrogen) atoms. The second-order valence-electron chi connectivity index (χ2n) is 3.33. The highest BCUT2D eigenvalue weighted by atomic mass is 19.1. The van der Waals surface area contributed by atoms with Crippen molar-refractivity contribution in [1.29, 1.82) is 0 Å². The van der Waals surface area contributed by atoms with Crippen LogP contribution in [-0.4, -0.2) is 22.3 Å². The summed E-state index contributed by atoms with van der Waals surface area (Å²) >= 11 is 0. The summed E-state index contributed by atoms with van der Waals surface area (Å²) in [7, 11) is 0. The zero-order valence-electron chi connectivity index (χ0n) is 8.84. The molecule has 2 N–H and O–H groups in total. The van der Waals surface area contributed by atoms with Gasteiger partial charge in [-0.3, -0.25) is 4.79 Å². The summed E-state index contributed by atoms with van der Waals surface area (Å²) in [5.41, 5.74) is 5.24. The van der Waals surface area contributed by atoms with E-state index in [9.17, 15) is 9.18 Å². The van der Waals surface area contributed by atoms with Gasteiger partial charge < -0.3 is 10.5 Å². The van der Waals surface area contributed by atoms with Crippen LogP contribution in [0.4, 0.5) is 4.39 Å². The molecule has 2 aromatic rings. The largest absolute Gasteiger partial charge is 0.480 e. The average Bonchev–Trinajstić information content (AvgIpc) is 2.75. The van der Waals surface area contributed by atoms with Gasteiger partial charge in [0.15, 0.2) is 12.4 Å². The number of hydrogen-bond acceptors (Lipinski definition) is 3. The van der Waals surface area contributed by atoms with E-state index < -0.39 is 11.7 Å². The number of benzene rings is 1. The molecular formula is C11H10FN3O2. The summed E-state index contributed by atoms with van der Waals surface area (Å²) in [4.78, 5) is 10.5. The lowest BCUT2D eigenvalue weighted by Gasteiger charge is -2.01. The van der Waals surface area contributed by atoms with Crippen LogP contribution < -0.4 is 10.5 Å². The molecule has 0 spiro atoms. The number of carbonyl (C=O) groups is 1. The van der Waals surface area contributed by atoms with Crippen molar-refractivity contribution in [3.05, 3.63) is 42.5 Å². The van der Waals surface area contributed by atoms with Crippen molar-refractivity contribution in [2.24, 2.45) is 5.73 Å². The summed E-state index contributed by atoms with van der Waals surface area (Å²) in [5.74, 6) is -0.618. The second kappa shape index (κ2) is 4.65. The van der Waals surface area contributed by atoms with Crippen molar-refractivity contribution in [2.75, 3.05) is 6.61 Å². The lowest BCUT2D eigenvalue weighted by atomic mass is 10.3. The Morgan fingerprint density at radius 2 is 2.24 bits per heavy atom. The summed E-state index contributed by atoms with van der Waals surface area (Å²) in [5, 5.41) is 3.92. The Bertz CT molecular complexity index is 539. The van der Waals surface area contributed by atoms with Gasteiger partial charge in [0.2, 0.25) is 0 Å². The first-order valence-electron chi connectivity index (χ1n) is 4.87. The fourth-order valence-electron chi connectivity index (χ4n) is 1.30. The third-order valence-electron chi connectivity index (χ3n) is 2.04. The van der Waals surface area contributed by atoms with E-state index in [1.54, 1.807) is 18.2 Å². The zero-order chi connectivity index (χ0) is 12.3. The maximum absolute atomic E-state index is 13.4. The Balaban J connectivity index is 2.18. The van der Waals surface area contributed by atoms with Crippen molar-refractivity contribution >= 4 is 5.91 Å². The Morgan fingerprint density at radius 1 is 1.47 bits per heavy atom. The lowest BCUT2D eigenvalue weighted by molar-refractivity contribution is -0.119. The maximum Gasteiger partial charge on any atom is 0.255 e. The van der Waals surface area contributed by atoms with Crippen molar-refractivity contribution in [1.82, 2.24) is 9.78 Å². The average molecular weight is 235 g/mol. The number of carbonyl (C=O) groups excluding carboxylic acids is 1. The van der Waals surface area contributed by atoms with Crippen LogP contribution in [0.15, 0.2) is 36.7 Å². The van der Waals surface area contributed by atoms with Gasteiger partial charge in [0.05, 0.1) is 12.4 Å². The molecule has 0 radical (unpaired) electrons.